The van der Waals surface area contributed by atoms with Crippen molar-refractivity contribution in [2.24, 2.45) is 5.92 Å². The largest absolute Gasteiger partial charge is 0.361 e. The number of para-hydroxylation sites is 1. The molecular formula is C13H14N2O2. The first-order valence-electron chi connectivity index (χ1n) is 5.51. The number of aromatic amines is 1. The molecule has 17 heavy (non-hydrogen) atoms. The summed E-state index contributed by atoms with van der Waals surface area (Å²) in [7, 11) is 0. The van der Waals surface area contributed by atoms with E-state index in [-0.39, 0.29) is 16.5 Å². The van der Waals surface area contributed by atoms with Gasteiger partial charge in [-0.3, -0.25) is 10.1 Å². The summed E-state index contributed by atoms with van der Waals surface area (Å²) in [5.74, 6) is -0.0985. The van der Waals surface area contributed by atoms with Gasteiger partial charge in [0.1, 0.15) is 0 Å². The standard InChI is InChI=1S/C13H14N2O2/c1-9(2)13(15(16)17)7-10-8-14-12-6-4-3-5-11(10)12/h3-9,14H,1-2H3/b13-7-. The lowest BCUT2D eigenvalue weighted by Crippen LogP contribution is -2.05. The topological polar surface area (TPSA) is 58.9 Å². The van der Waals surface area contributed by atoms with Crippen molar-refractivity contribution in [3.8, 4) is 0 Å². The van der Waals surface area contributed by atoms with Crippen LogP contribution in [0.1, 0.15) is 19.4 Å². The van der Waals surface area contributed by atoms with Crippen LogP contribution in [0.2, 0.25) is 0 Å². The molecule has 1 aromatic heterocycles. The summed E-state index contributed by atoms with van der Waals surface area (Å²) in [5.41, 5.74) is 2.08. The molecule has 0 aliphatic rings. The highest BCUT2D eigenvalue weighted by Gasteiger charge is 2.16. The highest BCUT2D eigenvalue weighted by molar-refractivity contribution is 5.88. The first kappa shape index (κ1) is 11.4. The van der Waals surface area contributed by atoms with Crippen LogP contribution in [0.5, 0.6) is 0 Å². The Bertz CT molecular complexity index is 582. The van der Waals surface area contributed by atoms with Gasteiger partial charge in [-0.2, -0.15) is 0 Å². The molecule has 1 heterocycles. The number of nitro groups is 1. The molecule has 0 saturated heterocycles. The zero-order valence-corrected chi connectivity index (χ0v) is 9.81. The Morgan fingerprint density at radius 2 is 2.12 bits per heavy atom. The van der Waals surface area contributed by atoms with E-state index in [2.05, 4.69) is 4.98 Å². The average Bonchev–Trinajstić information content (AvgIpc) is 2.68. The molecular weight excluding hydrogens is 216 g/mol. The molecule has 0 spiro atoms. The monoisotopic (exact) mass is 230 g/mol. The summed E-state index contributed by atoms with van der Waals surface area (Å²) in [6.07, 6.45) is 3.44. The van der Waals surface area contributed by atoms with E-state index in [1.165, 1.54) is 0 Å². The lowest BCUT2D eigenvalue weighted by atomic mass is 10.1. The number of nitrogens with one attached hydrogen (secondary N) is 1. The maximum atomic E-state index is 10.9. The molecule has 88 valence electrons. The molecule has 0 radical (unpaired) electrons. The molecule has 2 rings (SSSR count). The molecule has 2 aromatic rings. The first-order chi connectivity index (χ1) is 8.09. The average molecular weight is 230 g/mol. The SMILES string of the molecule is CC(C)/C(=C/c1c[nH]c2ccccc12)[N+](=O)[O-]. The van der Waals surface area contributed by atoms with Crippen LogP contribution in [-0.2, 0) is 0 Å². The summed E-state index contributed by atoms with van der Waals surface area (Å²) in [5, 5.41) is 11.9. The number of hydrogen-bond donors (Lipinski definition) is 1. The summed E-state index contributed by atoms with van der Waals surface area (Å²) in [4.78, 5) is 13.7. The Morgan fingerprint density at radius 3 is 2.76 bits per heavy atom. The molecule has 0 amide bonds. The van der Waals surface area contributed by atoms with E-state index in [4.69, 9.17) is 0 Å². The van der Waals surface area contributed by atoms with Gasteiger partial charge in [0.15, 0.2) is 0 Å². The number of hydrogen-bond acceptors (Lipinski definition) is 2. The van der Waals surface area contributed by atoms with Crippen LogP contribution >= 0.6 is 0 Å². The van der Waals surface area contributed by atoms with E-state index >= 15 is 0 Å². The van der Waals surface area contributed by atoms with Crippen LogP contribution in [0.4, 0.5) is 0 Å². The molecule has 0 aliphatic carbocycles. The fourth-order valence-electron chi connectivity index (χ4n) is 1.80. The van der Waals surface area contributed by atoms with Gasteiger partial charge < -0.3 is 4.98 Å². The minimum Gasteiger partial charge on any atom is -0.361 e. The van der Waals surface area contributed by atoms with Crippen LogP contribution in [-0.4, -0.2) is 9.91 Å². The summed E-state index contributed by atoms with van der Waals surface area (Å²) < 4.78 is 0. The number of benzene rings is 1. The fourth-order valence-corrected chi connectivity index (χ4v) is 1.80. The third-order valence-electron chi connectivity index (χ3n) is 2.73. The number of allylic oxidation sites excluding steroid dienone is 1. The second-order valence-corrected chi connectivity index (χ2v) is 4.27. The van der Waals surface area contributed by atoms with E-state index < -0.39 is 0 Å². The minimum absolute atomic E-state index is 0.0985. The van der Waals surface area contributed by atoms with Gasteiger partial charge in [-0.1, -0.05) is 32.0 Å². The van der Waals surface area contributed by atoms with E-state index in [0.717, 1.165) is 16.5 Å². The van der Waals surface area contributed by atoms with Crippen LogP contribution < -0.4 is 0 Å². The van der Waals surface area contributed by atoms with Crippen molar-refractivity contribution in [2.75, 3.05) is 0 Å². The van der Waals surface area contributed by atoms with Crippen molar-refractivity contribution < 1.29 is 4.92 Å². The van der Waals surface area contributed by atoms with Gasteiger partial charge in [0.25, 0.3) is 0 Å². The maximum Gasteiger partial charge on any atom is 0.249 e. The number of rotatable bonds is 3. The van der Waals surface area contributed by atoms with Gasteiger partial charge in [-0.05, 0) is 6.07 Å². The molecule has 0 saturated carbocycles. The van der Waals surface area contributed by atoms with Crippen molar-refractivity contribution in [3.05, 3.63) is 51.8 Å². The smallest absolute Gasteiger partial charge is 0.249 e. The van der Waals surface area contributed by atoms with Crippen molar-refractivity contribution in [3.63, 3.8) is 0 Å². The van der Waals surface area contributed by atoms with E-state index in [1.54, 1.807) is 12.3 Å². The molecule has 0 fully saturated rings. The first-order valence-corrected chi connectivity index (χ1v) is 5.51. The molecule has 1 N–H and O–H groups in total. The zero-order valence-electron chi connectivity index (χ0n) is 9.81. The van der Waals surface area contributed by atoms with E-state index in [0.29, 0.717) is 0 Å². The Morgan fingerprint density at radius 1 is 1.41 bits per heavy atom. The van der Waals surface area contributed by atoms with E-state index in [1.807, 2.05) is 38.1 Å². The highest BCUT2D eigenvalue weighted by atomic mass is 16.6. The quantitative estimate of drug-likeness (QED) is 0.648. The van der Waals surface area contributed by atoms with Crippen molar-refractivity contribution in [1.29, 1.82) is 0 Å². The molecule has 1 aromatic carbocycles. The third-order valence-corrected chi connectivity index (χ3v) is 2.73. The number of nitrogens with zero attached hydrogens (tertiary/aromatic N) is 1. The van der Waals surface area contributed by atoms with Gasteiger partial charge in [0.05, 0.1) is 4.92 Å². The van der Waals surface area contributed by atoms with Crippen LogP contribution in [0.3, 0.4) is 0 Å². The maximum absolute atomic E-state index is 10.9. The predicted octanol–water partition coefficient (Wildman–Crippen LogP) is 3.44. The molecule has 0 atom stereocenters. The Kier molecular flexibility index (Phi) is 2.95. The summed E-state index contributed by atoms with van der Waals surface area (Å²) in [6.45, 7) is 3.65. The lowest BCUT2D eigenvalue weighted by molar-refractivity contribution is -0.431. The van der Waals surface area contributed by atoms with Crippen LogP contribution in [0.15, 0.2) is 36.2 Å². The second kappa shape index (κ2) is 4.41. The van der Waals surface area contributed by atoms with Crippen LogP contribution in [0.25, 0.3) is 17.0 Å². The summed E-state index contributed by atoms with van der Waals surface area (Å²) in [6, 6.07) is 7.77. The normalized spacial score (nSPS) is 12.3. The molecule has 0 aliphatic heterocycles. The van der Waals surface area contributed by atoms with Crippen molar-refractivity contribution in [1.82, 2.24) is 4.98 Å². The lowest BCUT2D eigenvalue weighted by Gasteiger charge is -2.01. The second-order valence-electron chi connectivity index (χ2n) is 4.27. The summed E-state index contributed by atoms with van der Waals surface area (Å²) >= 11 is 0. The predicted molar refractivity (Wildman–Crippen MR) is 68.1 cm³/mol. The third kappa shape index (κ3) is 2.20. The fraction of sp³-hybridized carbons (Fsp3) is 0.231. The minimum atomic E-state index is -0.313. The van der Waals surface area contributed by atoms with Gasteiger partial charge in [-0.15, -0.1) is 0 Å². The van der Waals surface area contributed by atoms with Crippen molar-refractivity contribution >= 4 is 17.0 Å². The number of fused-ring (bicyclic) bond motifs is 1. The molecule has 0 bridgehead atoms. The van der Waals surface area contributed by atoms with E-state index in [9.17, 15) is 10.1 Å². The number of aromatic nitrogens is 1. The van der Waals surface area contributed by atoms with Crippen LogP contribution in [0, 0.1) is 16.0 Å². The molecule has 0 unspecified atom stereocenters. The Balaban J connectivity index is 2.53. The van der Waals surface area contributed by atoms with Crippen molar-refractivity contribution in [2.45, 2.75) is 13.8 Å². The van der Waals surface area contributed by atoms with Gasteiger partial charge in [-0.25, -0.2) is 0 Å². The highest BCUT2D eigenvalue weighted by Crippen LogP contribution is 2.22. The van der Waals surface area contributed by atoms with Gasteiger partial charge >= 0.3 is 0 Å². The zero-order chi connectivity index (χ0) is 12.4. The Hall–Kier alpha value is -2.10. The van der Waals surface area contributed by atoms with Gasteiger partial charge in [0.2, 0.25) is 5.70 Å². The Labute approximate surface area is 99.1 Å². The number of H-pyrrole nitrogens is 1. The van der Waals surface area contributed by atoms with Gasteiger partial charge in [0, 0.05) is 34.7 Å². The molecule has 4 heteroatoms. The molecule has 4 nitrogen and oxygen atoms in total.